The number of hydrogen-bond acceptors (Lipinski definition) is 2. The van der Waals surface area contributed by atoms with Crippen LogP contribution in [0.2, 0.25) is 5.02 Å². The smallest absolute Gasteiger partial charge is 0.178 e. The van der Waals surface area contributed by atoms with E-state index < -0.39 is 5.82 Å². The normalized spacial score (nSPS) is 17.6. The van der Waals surface area contributed by atoms with E-state index in [-0.39, 0.29) is 9.77 Å². The van der Waals surface area contributed by atoms with Crippen molar-refractivity contribution in [3.63, 3.8) is 0 Å². The van der Waals surface area contributed by atoms with Gasteiger partial charge in [0.1, 0.15) is 5.82 Å². The van der Waals surface area contributed by atoms with Crippen LogP contribution in [0.5, 0.6) is 0 Å². The summed E-state index contributed by atoms with van der Waals surface area (Å²) in [4.78, 5) is 3.06. The van der Waals surface area contributed by atoms with Crippen molar-refractivity contribution in [1.29, 1.82) is 0 Å². The zero-order chi connectivity index (χ0) is 13.6. The number of imidazole rings is 1. The van der Waals surface area contributed by atoms with E-state index in [4.69, 9.17) is 23.8 Å². The first-order chi connectivity index (χ1) is 9.04. The molecule has 2 nitrogen and oxygen atoms in total. The lowest BCUT2D eigenvalue weighted by Gasteiger charge is -2.40. The lowest BCUT2D eigenvalue weighted by atomic mass is 9.84. The van der Waals surface area contributed by atoms with Gasteiger partial charge in [-0.3, -0.25) is 0 Å². The fourth-order valence-electron chi connectivity index (χ4n) is 2.59. The average molecular weight is 317 g/mol. The molecule has 1 heterocycles. The summed E-state index contributed by atoms with van der Waals surface area (Å²) in [6, 6.07) is 3.07. The molecule has 1 N–H and O–H groups in total. The lowest BCUT2D eigenvalue weighted by molar-refractivity contribution is 0.323. The monoisotopic (exact) mass is 316 g/mol. The molecule has 1 aliphatic rings. The van der Waals surface area contributed by atoms with Crippen LogP contribution in [0.25, 0.3) is 11.0 Å². The Hall–Kier alpha value is -0.520. The molecule has 1 saturated carbocycles. The van der Waals surface area contributed by atoms with Crippen molar-refractivity contribution in [2.24, 2.45) is 0 Å². The number of nitrogens with one attached hydrogen (secondary N) is 1. The van der Waals surface area contributed by atoms with Crippen LogP contribution in [-0.2, 0) is 6.54 Å². The molecule has 6 heteroatoms. The Morgan fingerprint density at radius 2 is 2.26 bits per heavy atom. The molecule has 1 aliphatic carbocycles. The molecule has 0 amide bonds. The highest BCUT2D eigenvalue weighted by Crippen LogP contribution is 2.44. The molecule has 0 saturated heterocycles. The van der Waals surface area contributed by atoms with Crippen LogP contribution in [0.4, 0.5) is 4.39 Å². The van der Waals surface area contributed by atoms with Gasteiger partial charge >= 0.3 is 0 Å². The van der Waals surface area contributed by atoms with Crippen molar-refractivity contribution in [3.8, 4) is 0 Å². The molecule has 0 atom stereocenters. The summed E-state index contributed by atoms with van der Waals surface area (Å²) in [6.45, 7) is 0.856. The Balaban J connectivity index is 2.10. The summed E-state index contributed by atoms with van der Waals surface area (Å²) in [7, 11) is 0. The highest BCUT2D eigenvalue weighted by atomic mass is 35.5. The Kier molecular flexibility index (Phi) is 3.39. The average Bonchev–Trinajstić information content (AvgIpc) is 2.61. The first-order valence-electron chi connectivity index (χ1n) is 6.17. The second-order valence-corrected chi connectivity index (χ2v) is 7.11. The molecule has 0 radical (unpaired) electrons. The molecular formula is C13H14ClFN2S2. The number of halogens is 2. The van der Waals surface area contributed by atoms with Gasteiger partial charge in [-0.1, -0.05) is 18.0 Å². The van der Waals surface area contributed by atoms with Crippen LogP contribution < -0.4 is 0 Å². The summed E-state index contributed by atoms with van der Waals surface area (Å²) in [5, 5.41) is 0.141. The van der Waals surface area contributed by atoms with E-state index in [1.807, 2.05) is 16.3 Å². The molecule has 1 aromatic carbocycles. The van der Waals surface area contributed by atoms with Gasteiger partial charge < -0.3 is 9.55 Å². The minimum atomic E-state index is -0.416. The van der Waals surface area contributed by atoms with E-state index in [0.29, 0.717) is 10.3 Å². The van der Waals surface area contributed by atoms with E-state index in [2.05, 4.69) is 11.2 Å². The van der Waals surface area contributed by atoms with Gasteiger partial charge in [-0.15, -0.1) is 0 Å². The van der Waals surface area contributed by atoms with E-state index in [1.54, 1.807) is 6.07 Å². The van der Waals surface area contributed by atoms with Crippen LogP contribution in [0, 0.1) is 10.6 Å². The zero-order valence-corrected chi connectivity index (χ0v) is 12.9. The second-order valence-electron chi connectivity index (χ2n) is 5.04. The third-order valence-corrected chi connectivity index (χ3v) is 5.98. The summed E-state index contributed by atoms with van der Waals surface area (Å²) in [5.74, 6) is -0.416. The molecule has 3 rings (SSSR count). The van der Waals surface area contributed by atoms with Crippen molar-refractivity contribution in [2.45, 2.75) is 30.6 Å². The fourth-order valence-corrected chi connectivity index (χ4v) is 3.98. The topological polar surface area (TPSA) is 20.7 Å². The molecular weight excluding hydrogens is 303 g/mol. The Morgan fingerprint density at radius 1 is 1.53 bits per heavy atom. The van der Waals surface area contributed by atoms with Crippen LogP contribution in [-0.4, -0.2) is 20.6 Å². The predicted octanol–water partition coefficient (Wildman–Crippen LogP) is 4.78. The third kappa shape index (κ3) is 2.22. The van der Waals surface area contributed by atoms with Gasteiger partial charge in [0.25, 0.3) is 0 Å². The Labute approximate surface area is 125 Å². The number of thioether (sulfide) groups is 1. The van der Waals surface area contributed by atoms with Gasteiger partial charge in [-0.2, -0.15) is 11.8 Å². The minimum absolute atomic E-state index is 0.141. The van der Waals surface area contributed by atoms with Crippen LogP contribution >= 0.6 is 35.6 Å². The first kappa shape index (κ1) is 13.5. The van der Waals surface area contributed by atoms with E-state index in [0.717, 1.165) is 12.1 Å². The second kappa shape index (κ2) is 4.79. The molecule has 2 aromatic rings. The van der Waals surface area contributed by atoms with Gasteiger partial charge in [-0.05, 0) is 37.4 Å². The number of aromatic amines is 1. The SMILES string of the molecule is CSC1(Cn2c(=S)[nH]c3cc(F)c(Cl)cc32)CCC1. The van der Waals surface area contributed by atoms with Crippen molar-refractivity contribution in [3.05, 3.63) is 27.7 Å². The summed E-state index contributed by atoms with van der Waals surface area (Å²) in [5.41, 5.74) is 1.60. The molecule has 1 aromatic heterocycles. The van der Waals surface area contributed by atoms with E-state index in [9.17, 15) is 4.39 Å². The molecule has 0 aliphatic heterocycles. The van der Waals surface area contributed by atoms with Crippen LogP contribution in [0.1, 0.15) is 19.3 Å². The van der Waals surface area contributed by atoms with Gasteiger partial charge in [-0.25, -0.2) is 4.39 Å². The van der Waals surface area contributed by atoms with Gasteiger partial charge in [0.15, 0.2) is 4.77 Å². The molecule has 1 fully saturated rings. The molecule has 0 bridgehead atoms. The molecule has 0 unspecified atom stereocenters. The summed E-state index contributed by atoms with van der Waals surface area (Å²) < 4.78 is 16.4. The van der Waals surface area contributed by atoms with Crippen LogP contribution in [0.15, 0.2) is 12.1 Å². The van der Waals surface area contributed by atoms with Gasteiger partial charge in [0.05, 0.1) is 16.1 Å². The standard InChI is InChI=1S/C13H14ClFN2S2/c1-19-13(3-2-4-13)7-17-11-5-8(14)9(15)6-10(11)16-12(17)18/h5-6H,2-4,7H2,1H3,(H,16,18). The van der Waals surface area contributed by atoms with Gasteiger partial charge in [0.2, 0.25) is 0 Å². The molecule has 0 spiro atoms. The zero-order valence-electron chi connectivity index (χ0n) is 10.5. The Bertz CT molecular complexity index is 682. The summed E-state index contributed by atoms with van der Waals surface area (Å²) >= 11 is 13.1. The molecule has 19 heavy (non-hydrogen) atoms. The highest BCUT2D eigenvalue weighted by molar-refractivity contribution is 8.00. The van der Waals surface area contributed by atoms with Crippen molar-refractivity contribution < 1.29 is 4.39 Å². The first-order valence-corrected chi connectivity index (χ1v) is 8.18. The lowest BCUT2D eigenvalue weighted by Crippen LogP contribution is -2.37. The predicted molar refractivity (Wildman–Crippen MR) is 82.2 cm³/mol. The molecule has 102 valence electrons. The van der Waals surface area contributed by atoms with Crippen molar-refractivity contribution in [1.82, 2.24) is 9.55 Å². The largest absolute Gasteiger partial charge is 0.330 e. The van der Waals surface area contributed by atoms with E-state index >= 15 is 0 Å². The number of nitrogens with zero attached hydrogens (tertiary/aromatic N) is 1. The fraction of sp³-hybridized carbons (Fsp3) is 0.462. The number of hydrogen-bond donors (Lipinski definition) is 1. The number of aromatic nitrogens is 2. The van der Waals surface area contributed by atoms with E-state index in [1.165, 1.54) is 25.3 Å². The third-order valence-electron chi connectivity index (χ3n) is 3.96. The van der Waals surface area contributed by atoms with Crippen molar-refractivity contribution >= 4 is 46.6 Å². The summed E-state index contributed by atoms with van der Waals surface area (Å²) in [6.07, 6.45) is 5.82. The maximum Gasteiger partial charge on any atom is 0.178 e. The Morgan fingerprint density at radius 3 is 2.84 bits per heavy atom. The van der Waals surface area contributed by atoms with Gasteiger partial charge in [0, 0.05) is 17.4 Å². The number of fused-ring (bicyclic) bond motifs is 1. The highest BCUT2D eigenvalue weighted by Gasteiger charge is 2.37. The number of benzene rings is 1. The maximum absolute atomic E-state index is 13.5. The number of rotatable bonds is 3. The maximum atomic E-state index is 13.5. The van der Waals surface area contributed by atoms with Crippen LogP contribution in [0.3, 0.4) is 0 Å². The minimum Gasteiger partial charge on any atom is -0.330 e. The van der Waals surface area contributed by atoms with Crippen molar-refractivity contribution in [2.75, 3.05) is 6.26 Å². The number of H-pyrrole nitrogens is 1. The quantitative estimate of drug-likeness (QED) is 0.823.